The van der Waals surface area contributed by atoms with Gasteiger partial charge in [-0.05, 0) is 22.6 Å². The van der Waals surface area contributed by atoms with Gasteiger partial charge in [-0.3, -0.25) is 0 Å². The standard InChI is InChI=1S/C9H7F3INO4/c1-16-7-5(13)6(18-9(10,11)12)4(3-14-7)8(15)17-2/h3H,1-2H3. The van der Waals surface area contributed by atoms with Crippen LogP contribution in [0, 0.1) is 3.57 Å². The summed E-state index contributed by atoms with van der Waals surface area (Å²) in [6, 6.07) is 0. The van der Waals surface area contributed by atoms with Gasteiger partial charge in [-0.2, -0.15) is 0 Å². The number of ether oxygens (including phenoxy) is 3. The van der Waals surface area contributed by atoms with Crippen molar-refractivity contribution in [2.75, 3.05) is 14.2 Å². The Morgan fingerprint density at radius 1 is 1.39 bits per heavy atom. The molecule has 0 unspecified atom stereocenters. The van der Waals surface area contributed by atoms with Gasteiger partial charge in [-0.25, -0.2) is 9.78 Å². The molecule has 5 nitrogen and oxygen atoms in total. The van der Waals surface area contributed by atoms with E-state index in [2.05, 4.69) is 14.5 Å². The number of hydrogen-bond donors (Lipinski definition) is 0. The summed E-state index contributed by atoms with van der Waals surface area (Å²) in [5.41, 5.74) is -0.431. The van der Waals surface area contributed by atoms with E-state index in [1.807, 2.05) is 0 Å². The van der Waals surface area contributed by atoms with E-state index in [1.165, 1.54) is 29.7 Å². The molecule has 0 spiro atoms. The van der Waals surface area contributed by atoms with Crippen molar-refractivity contribution < 1.29 is 32.2 Å². The lowest BCUT2D eigenvalue weighted by atomic mass is 10.2. The number of alkyl halides is 3. The van der Waals surface area contributed by atoms with Crippen LogP contribution < -0.4 is 9.47 Å². The summed E-state index contributed by atoms with van der Waals surface area (Å²) < 4.78 is 49.6. The van der Waals surface area contributed by atoms with Crippen LogP contribution >= 0.6 is 22.6 Å². The number of rotatable bonds is 3. The van der Waals surface area contributed by atoms with Crippen molar-refractivity contribution in [3.05, 3.63) is 15.3 Å². The zero-order valence-electron chi connectivity index (χ0n) is 9.17. The van der Waals surface area contributed by atoms with E-state index in [0.717, 1.165) is 13.3 Å². The third-order valence-corrected chi connectivity index (χ3v) is 2.71. The lowest BCUT2D eigenvalue weighted by Gasteiger charge is -2.14. The molecule has 0 N–H and O–H groups in total. The molecule has 1 aromatic rings. The number of nitrogens with zero attached hydrogens (tertiary/aromatic N) is 1. The van der Waals surface area contributed by atoms with Crippen LogP contribution in [0.4, 0.5) is 13.2 Å². The highest BCUT2D eigenvalue weighted by molar-refractivity contribution is 14.1. The molecule has 9 heteroatoms. The zero-order chi connectivity index (χ0) is 13.9. The van der Waals surface area contributed by atoms with Crippen molar-refractivity contribution >= 4 is 28.6 Å². The summed E-state index contributed by atoms with van der Waals surface area (Å²) in [7, 11) is 2.27. The minimum Gasteiger partial charge on any atom is -0.480 e. The molecule has 0 aliphatic carbocycles. The van der Waals surface area contributed by atoms with Gasteiger partial charge < -0.3 is 14.2 Å². The molecule has 0 saturated carbocycles. The van der Waals surface area contributed by atoms with E-state index in [9.17, 15) is 18.0 Å². The van der Waals surface area contributed by atoms with Crippen LogP contribution in [0.5, 0.6) is 11.6 Å². The summed E-state index contributed by atoms with van der Waals surface area (Å²) >= 11 is 1.54. The highest BCUT2D eigenvalue weighted by atomic mass is 127. The molecule has 0 aliphatic heterocycles. The van der Waals surface area contributed by atoms with Crippen LogP contribution in [0.1, 0.15) is 10.4 Å². The Hall–Kier alpha value is -1.26. The molecule has 100 valence electrons. The van der Waals surface area contributed by atoms with Crippen molar-refractivity contribution in [3.8, 4) is 11.6 Å². The van der Waals surface area contributed by atoms with Crippen molar-refractivity contribution in [2.24, 2.45) is 0 Å². The maximum atomic E-state index is 12.3. The summed E-state index contributed by atoms with van der Waals surface area (Å²) in [6.45, 7) is 0. The van der Waals surface area contributed by atoms with Crippen LogP contribution in [0.3, 0.4) is 0 Å². The largest absolute Gasteiger partial charge is 0.573 e. The number of carbonyl (C=O) groups excluding carboxylic acids is 1. The average molecular weight is 377 g/mol. The Morgan fingerprint density at radius 2 is 2.00 bits per heavy atom. The number of carbonyl (C=O) groups is 1. The van der Waals surface area contributed by atoms with Gasteiger partial charge >= 0.3 is 12.3 Å². The maximum Gasteiger partial charge on any atom is 0.573 e. The van der Waals surface area contributed by atoms with E-state index in [-0.39, 0.29) is 9.45 Å². The predicted octanol–water partition coefficient (Wildman–Crippen LogP) is 2.38. The molecular formula is C9H7F3INO4. The van der Waals surface area contributed by atoms with Crippen molar-refractivity contribution in [1.82, 2.24) is 4.98 Å². The zero-order valence-corrected chi connectivity index (χ0v) is 11.3. The lowest BCUT2D eigenvalue weighted by molar-refractivity contribution is -0.275. The van der Waals surface area contributed by atoms with Gasteiger partial charge in [0.25, 0.3) is 0 Å². The molecule has 0 aromatic carbocycles. The van der Waals surface area contributed by atoms with E-state index < -0.39 is 23.6 Å². The number of methoxy groups -OCH3 is 2. The first kappa shape index (κ1) is 14.8. The normalized spacial score (nSPS) is 11.0. The summed E-state index contributed by atoms with van der Waals surface area (Å²) in [5, 5.41) is 0. The third kappa shape index (κ3) is 3.37. The van der Waals surface area contributed by atoms with E-state index >= 15 is 0 Å². The van der Waals surface area contributed by atoms with Crippen LogP contribution in [-0.2, 0) is 4.74 Å². The molecule has 1 aromatic heterocycles. The Kier molecular flexibility index (Phi) is 4.59. The minimum atomic E-state index is -4.94. The topological polar surface area (TPSA) is 57.7 Å². The van der Waals surface area contributed by atoms with Gasteiger partial charge in [0, 0.05) is 6.20 Å². The van der Waals surface area contributed by atoms with Gasteiger partial charge in [0.05, 0.1) is 14.2 Å². The fourth-order valence-corrected chi connectivity index (χ4v) is 1.83. The Bertz CT molecular complexity index is 464. The van der Waals surface area contributed by atoms with Crippen LogP contribution in [0.25, 0.3) is 0 Å². The maximum absolute atomic E-state index is 12.3. The molecular weight excluding hydrogens is 370 g/mol. The van der Waals surface area contributed by atoms with Gasteiger partial charge in [-0.15, -0.1) is 13.2 Å². The first-order valence-corrected chi connectivity index (χ1v) is 5.44. The second-order valence-electron chi connectivity index (χ2n) is 2.86. The van der Waals surface area contributed by atoms with Crippen molar-refractivity contribution in [1.29, 1.82) is 0 Å². The third-order valence-electron chi connectivity index (χ3n) is 1.76. The fourth-order valence-electron chi connectivity index (χ4n) is 1.07. The molecule has 0 radical (unpaired) electrons. The van der Waals surface area contributed by atoms with E-state index in [4.69, 9.17) is 4.74 Å². The van der Waals surface area contributed by atoms with Gasteiger partial charge in [-0.1, -0.05) is 0 Å². The predicted molar refractivity (Wildman–Crippen MR) is 61.5 cm³/mol. The minimum absolute atomic E-state index is 0.0738. The van der Waals surface area contributed by atoms with Crippen LogP contribution in [-0.4, -0.2) is 31.5 Å². The fraction of sp³-hybridized carbons (Fsp3) is 0.333. The van der Waals surface area contributed by atoms with Gasteiger partial charge in [0.2, 0.25) is 5.88 Å². The van der Waals surface area contributed by atoms with E-state index in [0.29, 0.717) is 0 Å². The SMILES string of the molecule is COC(=O)c1cnc(OC)c(I)c1OC(F)(F)F. The molecule has 0 fully saturated rings. The van der Waals surface area contributed by atoms with Gasteiger partial charge in [0.15, 0.2) is 5.75 Å². The molecule has 1 heterocycles. The number of esters is 1. The highest BCUT2D eigenvalue weighted by Crippen LogP contribution is 2.35. The Morgan fingerprint density at radius 3 is 2.44 bits per heavy atom. The number of halogens is 4. The molecule has 0 saturated heterocycles. The van der Waals surface area contributed by atoms with Gasteiger partial charge in [0.1, 0.15) is 9.13 Å². The molecule has 0 aliphatic rings. The average Bonchev–Trinajstić information content (AvgIpc) is 2.29. The molecule has 0 amide bonds. The first-order valence-electron chi connectivity index (χ1n) is 4.36. The summed E-state index contributed by atoms with van der Waals surface area (Å²) in [6.07, 6.45) is -4.04. The molecule has 0 atom stereocenters. The van der Waals surface area contributed by atoms with Crippen molar-refractivity contribution in [3.63, 3.8) is 0 Å². The summed E-state index contributed by atoms with van der Waals surface area (Å²) in [5.74, 6) is -1.76. The molecule has 0 bridgehead atoms. The first-order chi connectivity index (χ1) is 8.30. The Balaban J connectivity index is 3.35. The second-order valence-corrected chi connectivity index (χ2v) is 3.94. The monoisotopic (exact) mass is 377 g/mol. The number of pyridine rings is 1. The number of aromatic nitrogens is 1. The van der Waals surface area contributed by atoms with Crippen molar-refractivity contribution in [2.45, 2.75) is 6.36 Å². The molecule has 18 heavy (non-hydrogen) atoms. The van der Waals surface area contributed by atoms with E-state index in [1.54, 1.807) is 0 Å². The summed E-state index contributed by atoms with van der Waals surface area (Å²) in [4.78, 5) is 15.0. The second kappa shape index (κ2) is 5.59. The quantitative estimate of drug-likeness (QED) is 0.598. The highest BCUT2D eigenvalue weighted by Gasteiger charge is 2.35. The molecule has 1 rings (SSSR count). The Labute approximate surface area is 113 Å². The number of hydrogen-bond acceptors (Lipinski definition) is 5. The lowest BCUT2D eigenvalue weighted by Crippen LogP contribution is -2.20. The smallest absolute Gasteiger partial charge is 0.480 e. The van der Waals surface area contributed by atoms with Crippen LogP contribution in [0.15, 0.2) is 6.20 Å². The van der Waals surface area contributed by atoms with Crippen LogP contribution in [0.2, 0.25) is 0 Å².